The lowest BCUT2D eigenvalue weighted by Gasteiger charge is -2.23. The molecule has 1 saturated carbocycles. The van der Waals surface area contributed by atoms with Gasteiger partial charge in [-0.05, 0) is 37.5 Å². The fourth-order valence-electron chi connectivity index (χ4n) is 2.00. The zero-order valence-corrected chi connectivity index (χ0v) is 9.48. The highest BCUT2D eigenvalue weighted by atomic mass is 35.5. The maximum absolute atomic E-state index is 5.91. The average Bonchev–Trinajstić information content (AvgIpc) is 3.00. The van der Waals surface area contributed by atoms with Gasteiger partial charge in [-0.2, -0.15) is 0 Å². The van der Waals surface area contributed by atoms with Gasteiger partial charge in [0.25, 0.3) is 0 Å². The molecular formula is C11H20ClNO. The van der Waals surface area contributed by atoms with E-state index in [-0.39, 0.29) is 0 Å². The minimum atomic E-state index is 0.441. The second-order valence-corrected chi connectivity index (χ2v) is 5.02. The summed E-state index contributed by atoms with van der Waals surface area (Å²) < 4.78 is 5.65. The van der Waals surface area contributed by atoms with E-state index >= 15 is 0 Å². The quantitative estimate of drug-likeness (QED) is 0.713. The standard InChI is InChI=1S/C11H20ClNO/c12-8-11(4-5-11)9-13-7-10-3-1-2-6-14-10/h10,13H,1-9H2. The molecule has 1 saturated heterocycles. The molecule has 1 aliphatic carbocycles. The van der Waals surface area contributed by atoms with Crippen LogP contribution < -0.4 is 5.32 Å². The summed E-state index contributed by atoms with van der Waals surface area (Å²) >= 11 is 5.91. The molecule has 2 fully saturated rings. The van der Waals surface area contributed by atoms with E-state index in [4.69, 9.17) is 16.3 Å². The van der Waals surface area contributed by atoms with Gasteiger partial charge in [-0.15, -0.1) is 11.6 Å². The number of hydrogen-bond acceptors (Lipinski definition) is 2. The highest BCUT2D eigenvalue weighted by Gasteiger charge is 2.41. The van der Waals surface area contributed by atoms with Crippen molar-refractivity contribution >= 4 is 11.6 Å². The van der Waals surface area contributed by atoms with Gasteiger partial charge in [0.1, 0.15) is 0 Å². The minimum Gasteiger partial charge on any atom is -0.377 e. The van der Waals surface area contributed by atoms with E-state index in [0.717, 1.165) is 25.6 Å². The van der Waals surface area contributed by atoms with Crippen LogP contribution in [0.15, 0.2) is 0 Å². The van der Waals surface area contributed by atoms with Crippen molar-refractivity contribution in [1.82, 2.24) is 5.32 Å². The first-order valence-corrected chi connectivity index (χ1v) is 6.26. The van der Waals surface area contributed by atoms with Gasteiger partial charge in [0.15, 0.2) is 0 Å². The zero-order chi connectivity index (χ0) is 9.86. The zero-order valence-electron chi connectivity index (χ0n) is 8.73. The molecule has 3 heteroatoms. The third-order valence-corrected chi connectivity index (χ3v) is 3.95. The first-order chi connectivity index (χ1) is 6.85. The summed E-state index contributed by atoms with van der Waals surface area (Å²) in [6.07, 6.45) is 6.84. The number of alkyl halides is 1. The Morgan fingerprint density at radius 3 is 2.79 bits per heavy atom. The Kier molecular flexibility index (Phi) is 3.69. The second-order valence-electron chi connectivity index (χ2n) is 4.75. The van der Waals surface area contributed by atoms with Crippen molar-refractivity contribution in [3.8, 4) is 0 Å². The molecule has 2 nitrogen and oxygen atoms in total. The molecular weight excluding hydrogens is 198 g/mol. The maximum Gasteiger partial charge on any atom is 0.0699 e. The van der Waals surface area contributed by atoms with E-state index < -0.39 is 0 Å². The van der Waals surface area contributed by atoms with Gasteiger partial charge in [0.2, 0.25) is 0 Å². The summed E-state index contributed by atoms with van der Waals surface area (Å²) in [5.41, 5.74) is 0.441. The van der Waals surface area contributed by atoms with Crippen LogP contribution in [0.5, 0.6) is 0 Å². The van der Waals surface area contributed by atoms with Crippen LogP contribution in [-0.2, 0) is 4.74 Å². The molecule has 0 bridgehead atoms. The van der Waals surface area contributed by atoms with Crippen molar-refractivity contribution in [2.75, 3.05) is 25.6 Å². The number of hydrogen-bond donors (Lipinski definition) is 1. The highest BCUT2D eigenvalue weighted by molar-refractivity contribution is 6.18. The minimum absolute atomic E-state index is 0.441. The number of halogens is 1. The van der Waals surface area contributed by atoms with Crippen molar-refractivity contribution < 1.29 is 4.74 Å². The molecule has 1 unspecified atom stereocenters. The lowest BCUT2D eigenvalue weighted by molar-refractivity contribution is 0.0165. The van der Waals surface area contributed by atoms with E-state index in [2.05, 4.69) is 5.32 Å². The summed E-state index contributed by atoms with van der Waals surface area (Å²) in [5, 5.41) is 3.50. The highest BCUT2D eigenvalue weighted by Crippen LogP contribution is 2.45. The van der Waals surface area contributed by atoms with Crippen LogP contribution in [0.25, 0.3) is 0 Å². The summed E-state index contributed by atoms with van der Waals surface area (Å²) in [7, 11) is 0. The molecule has 82 valence electrons. The van der Waals surface area contributed by atoms with Crippen LogP contribution in [0.2, 0.25) is 0 Å². The van der Waals surface area contributed by atoms with E-state index in [1.54, 1.807) is 0 Å². The molecule has 0 amide bonds. The van der Waals surface area contributed by atoms with E-state index in [1.165, 1.54) is 32.1 Å². The summed E-state index contributed by atoms with van der Waals surface area (Å²) in [4.78, 5) is 0. The summed E-state index contributed by atoms with van der Waals surface area (Å²) in [6, 6.07) is 0. The normalized spacial score (nSPS) is 30.2. The molecule has 2 aliphatic rings. The predicted molar refractivity (Wildman–Crippen MR) is 58.8 cm³/mol. The van der Waals surface area contributed by atoms with Crippen LogP contribution in [-0.4, -0.2) is 31.7 Å². The number of nitrogens with one attached hydrogen (secondary N) is 1. The predicted octanol–water partition coefficient (Wildman–Crippen LogP) is 2.16. The smallest absolute Gasteiger partial charge is 0.0699 e. The van der Waals surface area contributed by atoms with E-state index in [1.807, 2.05) is 0 Å². The monoisotopic (exact) mass is 217 g/mol. The largest absolute Gasteiger partial charge is 0.377 e. The Labute approximate surface area is 91.3 Å². The van der Waals surface area contributed by atoms with Gasteiger partial charge in [-0.25, -0.2) is 0 Å². The first kappa shape index (κ1) is 10.7. The second kappa shape index (κ2) is 4.82. The van der Waals surface area contributed by atoms with Gasteiger partial charge in [0.05, 0.1) is 6.10 Å². The van der Waals surface area contributed by atoms with Crippen LogP contribution >= 0.6 is 11.6 Å². The molecule has 1 heterocycles. The molecule has 1 N–H and O–H groups in total. The van der Waals surface area contributed by atoms with Crippen molar-refractivity contribution in [3.63, 3.8) is 0 Å². The first-order valence-electron chi connectivity index (χ1n) is 5.73. The lowest BCUT2D eigenvalue weighted by Crippen LogP contribution is -2.35. The van der Waals surface area contributed by atoms with Crippen molar-refractivity contribution in [2.45, 2.75) is 38.2 Å². The molecule has 0 aromatic heterocycles. The molecule has 0 aromatic rings. The Bertz CT molecular complexity index is 176. The Balaban J connectivity index is 1.58. The third-order valence-electron chi connectivity index (χ3n) is 3.39. The molecule has 0 spiro atoms. The van der Waals surface area contributed by atoms with Gasteiger partial charge < -0.3 is 10.1 Å². The van der Waals surface area contributed by atoms with Gasteiger partial charge >= 0.3 is 0 Å². The number of rotatable bonds is 5. The molecule has 2 rings (SSSR count). The van der Waals surface area contributed by atoms with Crippen LogP contribution in [0.4, 0.5) is 0 Å². The fourth-order valence-corrected chi connectivity index (χ4v) is 2.36. The maximum atomic E-state index is 5.91. The van der Waals surface area contributed by atoms with Crippen molar-refractivity contribution in [3.05, 3.63) is 0 Å². The van der Waals surface area contributed by atoms with Crippen LogP contribution in [0, 0.1) is 5.41 Å². The Morgan fingerprint density at radius 2 is 2.21 bits per heavy atom. The SMILES string of the molecule is ClCC1(CNCC2CCCCO2)CC1. The molecule has 1 atom stereocenters. The summed E-state index contributed by atoms with van der Waals surface area (Å²) in [6.45, 7) is 3.04. The lowest BCUT2D eigenvalue weighted by atomic mass is 10.1. The number of ether oxygens (including phenoxy) is 1. The fraction of sp³-hybridized carbons (Fsp3) is 1.00. The third kappa shape index (κ3) is 2.85. The van der Waals surface area contributed by atoms with Gasteiger partial charge in [-0.1, -0.05) is 0 Å². The van der Waals surface area contributed by atoms with Crippen LogP contribution in [0.3, 0.4) is 0 Å². The molecule has 0 radical (unpaired) electrons. The Hall–Kier alpha value is 0.210. The van der Waals surface area contributed by atoms with Crippen molar-refractivity contribution in [2.24, 2.45) is 5.41 Å². The topological polar surface area (TPSA) is 21.3 Å². The Morgan fingerprint density at radius 1 is 1.36 bits per heavy atom. The van der Waals surface area contributed by atoms with Crippen LogP contribution in [0.1, 0.15) is 32.1 Å². The van der Waals surface area contributed by atoms with Crippen molar-refractivity contribution in [1.29, 1.82) is 0 Å². The molecule has 1 aliphatic heterocycles. The average molecular weight is 218 g/mol. The molecule has 0 aromatic carbocycles. The molecule has 14 heavy (non-hydrogen) atoms. The van der Waals surface area contributed by atoms with E-state index in [9.17, 15) is 0 Å². The van der Waals surface area contributed by atoms with E-state index in [0.29, 0.717) is 11.5 Å². The summed E-state index contributed by atoms with van der Waals surface area (Å²) in [5.74, 6) is 0.811. The van der Waals surface area contributed by atoms with Gasteiger partial charge in [-0.3, -0.25) is 0 Å². The van der Waals surface area contributed by atoms with Gasteiger partial charge in [0, 0.05) is 25.6 Å².